The van der Waals surface area contributed by atoms with Gasteiger partial charge in [0.25, 0.3) is 0 Å². The second-order valence-electron chi connectivity index (χ2n) is 5.35. The fourth-order valence-electron chi connectivity index (χ4n) is 3.65. The third-order valence-electron chi connectivity index (χ3n) is 4.28. The number of piperidine rings is 1. The van der Waals surface area contributed by atoms with Crippen molar-refractivity contribution < 1.29 is 0 Å². The Labute approximate surface area is 104 Å². The standard InChI is InChI=1S/C15H22N2/c1-2-16-12-10-14-8-9-15(11-12)17(14)13-6-4-3-5-7-13/h3-7,12,14-16H,2,8-11H2,1H3. The van der Waals surface area contributed by atoms with Gasteiger partial charge in [0.2, 0.25) is 0 Å². The van der Waals surface area contributed by atoms with E-state index in [4.69, 9.17) is 0 Å². The Morgan fingerprint density at radius 2 is 1.76 bits per heavy atom. The summed E-state index contributed by atoms with van der Waals surface area (Å²) in [5, 5.41) is 3.63. The van der Waals surface area contributed by atoms with Gasteiger partial charge in [-0.15, -0.1) is 0 Å². The van der Waals surface area contributed by atoms with Crippen LogP contribution < -0.4 is 10.2 Å². The fraction of sp³-hybridized carbons (Fsp3) is 0.600. The number of fused-ring (bicyclic) bond motifs is 2. The maximum Gasteiger partial charge on any atom is 0.0371 e. The second kappa shape index (κ2) is 4.69. The minimum atomic E-state index is 0.748. The molecule has 2 saturated heterocycles. The van der Waals surface area contributed by atoms with Gasteiger partial charge in [-0.25, -0.2) is 0 Å². The number of anilines is 1. The molecule has 2 bridgehead atoms. The molecule has 2 atom stereocenters. The van der Waals surface area contributed by atoms with Crippen molar-refractivity contribution in [3.8, 4) is 0 Å². The number of hydrogen-bond donors (Lipinski definition) is 1. The van der Waals surface area contributed by atoms with Crippen molar-refractivity contribution in [2.24, 2.45) is 0 Å². The Morgan fingerprint density at radius 3 is 2.35 bits per heavy atom. The van der Waals surface area contributed by atoms with Crippen LogP contribution in [0.15, 0.2) is 30.3 Å². The first-order valence-corrected chi connectivity index (χ1v) is 6.95. The molecule has 1 aromatic carbocycles. The maximum absolute atomic E-state index is 3.63. The SMILES string of the molecule is CCNC1CC2CCC(C1)N2c1ccccc1. The fourth-order valence-corrected chi connectivity index (χ4v) is 3.65. The zero-order valence-electron chi connectivity index (χ0n) is 10.6. The van der Waals surface area contributed by atoms with Crippen LogP contribution in [0, 0.1) is 0 Å². The predicted molar refractivity (Wildman–Crippen MR) is 72.4 cm³/mol. The lowest BCUT2D eigenvalue weighted by Crippen LogP contribution is -2.49. The lowest BCUT2D eigenvalue weighted by molar-refractivity contribution is 0.361. The molecule has 0 radical (unpaired) electrons. The first-order chi connectivity index (χ1) is 8.38. The summed E-state index contributed by atoms with van der Waals surface area (Å²) >= 11 is 0. The molecule has 0 spiro atoms. The molecule has 0 saturated carbocycles. The van der Waals surface area contributed by atoms with Crippen molar-refractivity contribution in [3.05, 3.63) is 30.3 Å². The van der Waals surface area contributed by atoms with Crippen molar-refractivity contribution >= 4 is 5.69 Å². The first-order valence-electron chi connectivity index (χ1n) is 6.95. The van der Waals surface area contributed by atoms with E-state index in [1.807, 2.05) is 0 Å². The van der Waals surface area contributed by atoms with Crippen LogP contribution >= 0.6 is 0 Å². The monoisotopic (exact) mass is 230 g/mol. The van der Waals surface area contributed by atoms with Gasteiger partial charge in [0.1, 0.15) is 0 Å². The van der Waals surface area contributed by atoms with E-state index in [9.17, 15) is 0 Å². The summed E-state index contributed by atoms with van der Waals surface area (Å²) in [5.41, 5.74) is 1.43. The van der Waals surface area contributed by atoms with E-state index in [0.29, 0.717) is 0 Å². The van der Waals surface area contributed by atoms with Gasteiger partial charge in [-0.3, -0.25) is 0 Å². The second-order valence-corrected chi connectivity index (χ2v) is 5.35. The van der Waals surface area contributed by atoms with Crippen molar-refractivity contribution in [2.45, 2.75) is 50.7 Å². The highest BCUT2D eigenvalue weighted by Crippen LogP contribution is 2.39. The highest BCUT2D eigenvalue weighted by molar-refractivity contribution is 5.50. The number of nitrogens with zero attached hydrogens (tertiary/aromatic N) is 1. The van der Waals surface area contributed by atoms with E-state index < -0.39 is 0 Å². The molecule has 0 aromatic heterocycles. The van der Waals surface area contributed by atoms with Crippen molar-refractivity contribution in [1.82, 2.24) is 5.32 Å². The Bertz CT molecular complexity index is 348. The quantitative estimate of drug-likeness (QED) is 0.859. The van der Waals surface area contributed by atoms with Crippen molar-refractivity contribution in [2.75, 3.05) is 11.4 Å². The molecular formula is C15H22N2. The van der Waals surface area contributed by atoms with Gasteiger partial charge in [0.15, 0.2) is 0 Å². The van der Waals surface area contributed by atoms with E-state index in [0.717, 1.165) is 24.7 Å². The molecule has 3 rings (SSSR count). The first kappa shape index (κ1) is 11.1. The smallest absolute Gasteiger partial charge is 0.0371 e. The number of benzene rings is 1. The van der Waals surface area contributed by atoms with Crippen LogP contribution in [0.25, 0.3) is 0 Å². The average molecular weight is 230 g/mol. The van der Waals surface area contributed by atoms with Gasteiger partial charge in [-0.2, -0.15) is 0 Å². The molecule has 17 heavy (non-hydrogen) atoms. The van der Waals surface area contributed by atoms with Gasteiger partial charge >= 0.3 is 0 Å². The molecule has 1 aromatic rings. The van der Waals surface area contributed by atoms with Gasteiger partial charge in [0, 0.05) is 23.8 Å². The van der Waals surface area contributed by atoms with E-state index >= 15 is 0 Å². The molecular weight excluding hydrogens is 208 g/mol. The van der Waals surface area contributed by atoms with Crippen molar-refractivity contribution in [1.29, 1.82) is 0 Å². The molecule has 92 valence electrons. The Hall–Kier alpha value is -1.02. The van der Waals surface area contributed by atoms with Gasteiger partial charge in [-0.05, 0) is 44.4 Å². The predicted octanol–water partition coefficient (Wildman–Crippen LogP) is 2.80. The molecule has 2 fully saturated rings. The Balaban J connectivity index is 1.77. The molecule has 0 amide bonds. The molecule has 1 N–H and O–H groups in total. The van der Waals surface area contributed by atoms with Crippen LogP contribution in [-0.2, 0) is 0 Å². The Morgan fingerprint density at radius 1 is 1.12 bits per heavy atom. The maximum atomic E-state index is 3.63. The third kappa shape index (κ3) is 2.06. The van der Waals surface area contributed by atoms with Gasteiger partial charge < -0.3 is 10.2 Å². The van der Waals surface area contributed by atoms with Crippen LogP contribution in [0.5, 0.6) is 0 Å². The van der Waals surface area contributed by atoms with Gasteiger partial charge in [-0.1, -0.05) is 25.1 Å². The topological polar surface area (TPSA) is 15.3 Å². The summed E-state index contributed by atoms with van der Waals surface area (Å²) in [6.07, 6.45) is 5.39. The Kier molecular flexibility index (Phi) is 3.06. The summed E-state index contributed by atoms with van der Waals surface area (Å²) in [4.78, 5) is 2.67. The van der Waals surface area contributed by atoms with Crippen LogP contribution in [0.1, 0.15) is 32.6 Å². The van der Waals surface area contributed by atoms with Crippen LogP contribution in [0.4, 0.5) is 5.69 Å². The number of rotatable bonds is 3. The molecule has 2 heterocycles. The summed E-state index contributed by atoms with van der Waals surface area (Å²) in [5.74, 6) is 0. The molecule has 2 aliphatic heterocycles. The molecule has 2 unspecified atom stereocenters. The molecule has 2 aliphatic rings. The van der Waals surface area contributed by atoms with Crippen LogP contribution in [0.2, 0.25) is 0 Å². The van der Waals surface area contributed by atoms with E-state index in [1.165, 1.54) is 31.4 Å². The lowest BCUT2D eigenvalue weighted by atomic mass is 9.96. The summed E-state index contributed by atoms with van der Waals surface area (Å²) in [7, 11) is 0. The van der Waals surface area contributed by atoms with E-state index in [-0.39, 0.29) is 0 Å². The van der Waals surface area contributed by atoms with E-state index in [1.54, 1.807) is 0 Å². The van der Waals surface area contributed by atoms with E-state index in [2.05, 4.69) is 47.5 Å². The zero-order chi connectivity index (χ0) is 11.7. The summed E-state index contributed by atoms with van der Waals surface area (Å²) < 4.78 is 0. The van der Waals surface area contributed by atoms with Crippen LogP contribution in [0.3, 0.4) is 0 Å². The largest absolute Gasteiger partial charge is 0.365 e. The number of nitrogens with one attached hydrogen (secondary N) is 1. The highest BCUT2D eigenvalue weighted by Gasteiger charge is 2.40. The van der Waals surface area contributed by atoms with Gasteiger partial charge in [0.05, 0.1) is 0 Å². The third-order valence-corrected chi connectivity index (χ3v) is 4.28. The normalized spacial score (nSPS) is 31.8. The van der Waals surface area contributed by atoms with Crippen molar-refractivity contribution in [3.63, 3.8) is 0 Å². The highest BCUT2D eigenvalue weighted by atomic mass is 15.2. The number of para-hydroxylation sites is 1. The molecule has 2 heteroatoms. The number of hydrogen-bond acceptors (Lipinski definition) is 2. The molecule has 0 aliphatic carbocycles. The summed E-state index contributed by atoms with van der Waals surface area (Å²) in [6, 6.07) is 13.2. The van der Waals surface area contributed by atoms with Crippen LogP contribution in [-0.4, -0.2) is 24.7 Å². The molecule has 2 nitrogen and oxygen atoms in total. The minimum absolute atomic E-state index is 0.748. The zero-order valence-corrected chi connectivity index (χ0v) is 10.6. The average Bonchev–Trinajstić information content (AvgIpc) is 2.63. The minimum Gasteiger partial charge on any atom is -0.365 e. The summed E-state index contributed by atoms with van der Waals surface area (Å²) in [6.45, 7) is 3.32. The lowest BCUT2D eigenvalue weighted by Gasteiger charge is -2.41.